The highest BCUT2D eigenvalue weighted by atomic mass is 15.1. The lowest BCUT2D eigenvalue weighted by Gasteiger charge is -2.34. The van der Waals surface area contributed by atoms with Gasteiger partial charge in [0.1, 0.15) is 0 Å². The summed E-state index contributed by atoms with van der Waals surface area (Å²) < 4.78 is 0. The van der Waals surface area contributed by atoms with Crippen LogP contribution in [-0.4, -0.2) is 37.6 Å². The molecule has 108 valence electrons. The first-order valence-corrected chi connectivity index (χ1v) is 8.00. The van der Waals surface area contributed by atoms with Crippen LogP contribution in [0.5, 0.6) is 0 Å². The normalized spacial score (nSPS) is 19.0. The fourth-order valence-electron chi connectivity index (χ4n) is 3.22. The summed E-state index contributed by atoms with van der Waals surface area (Å²) in [6.07, 6.45) is 9.77. The number of rotatable bonds is 9. The zero-order valence-corrected chi connectivity index (χ0v) is 13.1. The second-order valence-corrected chi connectivity index (χ2v) is 6.69. The maximum absolute atomic E-state index is 3.67. The Kier molecular flexibility index (Phi) is 7.25. The molecule has 0 aromatic rings. The third kappa shape index (κ3) is 5.71. The minimum Gasteiger partial charge on any atom is -0.314 e. The van der Waals surface area contributed by atoms with Crippen molar-refractivity contribution < 1.29 is 0 Å². The molecule has 0 unspecified atom stereocenters. The molecule has 0 aliphatic heterocycles. The van der Waals surface area contributed by atoms with Crippen LogP contribution in [0.1, 0.15) is 65.7 Å². The molecule has 0 spiro atoms. The molecule has 18 heavy (non-hydrogen) atoms. The minimum absolute atomic E-state index is 0.561. The van der Waals surface area contributed by atoms with Gasteiger partial charge in [0.05, 0.1) is 0 Å². The van der Waals surface area contributed by atoms with E-state index in [1.165, 1.54) is 64.6 Å². The SMILES string of the molecule is CCCCCN(C)CC1(CNC(C)C)CCCC1. The maximum atomic E-state index is 3.67. The molecule has 0 atom stereocenters. The highest BCUT2D eigenvalue weighted by Crippen LogP contribution is 2.38. The predicted octanol–water partition coefficient (Wildman–Crippen LogP) is 3.67. The van der Waals surface area contributed by atoms with Gasteiger partial charge in [0, 0.05) is 19.1 Å². The van der Waals surface area contributed by atoms with Gasteiger partial charge in [-0.25, -0.2) is 0 Å². The molecule has 1 rings (SSSR count). The average Bonchev–Trinajstić information content (AvgIpc) is 2.76. The molecule has 0 radical (unpaired) electrons. The van der Waals surface area contributed by atoms with Gasteiger partial charge in [-0.2, -0.15) is 0 Å². The summed E-state index contributed by atoms with van der Waals surface area (Å²) in [6, 6.07) is 0.618. The van der Waals surface area contributed by atoms with Crippen molar-refractivity contribution in [3.8, 4) is 0 Å². The minimum atomic E-state index is 0.561. The third-order valence-corrected chi connectivity index (χ3v) is 4.30. The molecule has 1 aliphatic carbocycles. The van der Waals surface area contributed by atoms with E-state index in [9.17, 15) is 0 Å². The van der Waals surface area contributed by atoms with Crippen molar-refractivity contribution in [3.05, 3.63) is 0 Å². The fourth-order valence-corrected chi connectivity index (χ4v) is 3.22. The first-order valence-electron chi connectivity index (χ1n) is 8.00. The lowest BCUT2D eigenvalue weighted by molar-refractivity contribution is 0.167. The van der Waals surface area contributed by atoms with Gasteiger partial charge in [0.2, 0.25) is 0 Å². The summed E-state index contributed by atoms with van der Waals surface area (Å²) in [5.41, 5.74) is 0.561. The molecular weight excluding hydrogens is 220 g/mol. The van der Waals surface area contributed by atoms with E-state index < -0.39 is 0 Å². The van der Waals surface area contributed by atoms with Crippen LogP contribution < -0.4 is 5.32 Å². The molecule has 2 nitrogen and oxygen atoms in total. The largest absolute Gasteiger partial charge is 0.314 e. The van der Waals surface area contributed by atoms with Gasteiger partial charge in [-0.15, -0.1) is 0 Å². The molecule has 0 aromatic carbocycles. The topological polar surface area (TPSA) is 15.3 Å². The first-order chi connectivity index (χ1) is 8.58. The van der Waals surface area contributed by atoms with E-state index in [0.717, 1.165) is 0 Å². The van der Waals surface area contributed by atoms with E-state index in [0.29, 0.717) is 11.5 Å². The van der Waals surface area contributed by atoms with Crippen molar-refractivity contribution in [3.63, 3.8) is 0 Å². The van der Waals surface area contributed by atoms with Gasteiger partial charge < -0.3 is 10.2 Å². The Balaban J connectivity index is 2.36. The van der Waals surface area contributed by atoms with Gasteiger partial charge >= 0.3 is 0 Å². The van der Waals surface area contributed by atoms with Crippen molar-refractivity contribution in [2.45, 2.75) is 71.8 Å². The van der Waals surface area contributed by atoms with Gasteiger partial charge in [-0.05, 0) is 38.3 Å². The summed E-state index contributed by atoms with van der Waals surface area (Å²) in [5.74, 6) is 0. The molecule has 0 amide bonds. The second kappa shape index (κ2) is 8.16. The molecular formula is C16H34N2. The molecule has 1 fully saturated rings. The molecule has 0 bridgehead atoms. The molecule has 1 N–H and O–H groups in total. The lowest BCUT2D eigenvalue weighted by Crippen LogP contribution is -2.43. The predicted molar refractivity (Wildman–Crippen MR) is 81.1 cm³/mol. The summed E-state index contributed by atoms with van der Waals surface area (Å²) in [6.45, 7) is 10.6. The van der Waals surface area contributed by atoms with Crippen LogP contribution in [-0.2, 0) is 0 Å². The zero-order valence-electron chi connectivity index (χ0n) is 13.1. The number of hydrogen-bond donors (Lipinski definition) is 1. The van der Waals surface area contributed by atoms with E-state index in [-0.39, 0.29) is 0 Å². The highest BCUT2D eigenvalue weighted by molar-refractivity contribution is 4.89. The smallest absolute Gasteiger partial charge is 0.00471 e. The summed E-state index contributed by atoms with van der Waals surface area (Å²) in [4.78, 5) is 2.57. The summed E-state index contributed by atoms with van der Waals surface area (Å²) in [5, 5.41) is 3.67. The molecule has 0 heterocycles. The average molecular weight is 254 g/mol. The quantitative estimate of drug-likeness (QED) is 0.632. The van der Waals surface area contributed by atoms with Crippen molar-refractivity contribution in [2.75, 3.05) is 26.7 Å². The molecule has 0 aromatic heterocycles. The van der Waals surface area contributed by atoms with Crippen LogP contribution in [0.4, 0.5) is 0 Å². The van der Waals surface area contributed by atoms with Crippen LogP contribution >= 0.6 is 0 Å². The number of nitrogens with one attached hydrogen (secondary N) is 1. The van der Waals surface area contributed by atoms with Crippen LogP contribution in [0.15, 0.2) is 0 Å². The number of unbranched alkanes of at least 4 members (excludes halogenated alkanes) is 2. The van der Waals surface area contributed by atoms with Crippen LogP contribution in [0.3, 0.4) is 0 Å². The standard InChI is InChI=1S/C16H34N2/c1-5-6-9-12-18(4)14-16(10-7-8-11-16)13-17-15(2)3/h15,17H,5-14H2,1-4H3. The number of nitrogens with zero attached hydrogens (tertiary/aromatic N) is 1. The van der Waals surface area contributed by atoms with Crippen LogP contribution in [0, 0.1) is 5.41 Å². The Morgan fingerprint density at radius 2 is 1.83 bits per heavy atom. The first kappa shape index (κ1) is 16.0. The van der Waals surface area contributed by atoms with E-state index in [2.05, 4.69) is 38.0 Å². The van der Waals surface area contributed by atoms with E-state index in [1.807, 2.05) is 0 Å². The fraction of sp³-hybridized carbons (Fsp3) is 1.00. The van der Waals surface area contributed by atoms with Crippen molar-refractivity contribution in [2.24, 2.45) is 5.41 Å². The van der Waals surface area contributed by atoms with Gasteiger partial charge in [0.15, 0.2) is 0 Å². The third-order valence-electron chi connectivity index (χ3n) is 4.30. The molecule has 0 saturated heterocycles. The Labute approximate surface area is 115 Å². The van der Waals surface area contributed by atoms with Crippen molar-refractivity contribution in [1.82, 2.24) is 10.2 Å². The Morgan fingerprint density at radius 1 is 1.17 bits per heavy atom. The van der Waals surface area contributed by atoms with Gasteiger partial charge in [-0.1, -0.05) is 46.5 Å². The van der Waals surface area contributed by atoms with E-state index >= 15 is 0 Å². The van der Waals surface area contributed by atoms with Gasteiger partial charge in [-0.3, -0.25) is 0 Å². The highest BCUT2D eigenvalue weighted by Gasteiger charge is 2.34. The molecule has 1 aliphatic rings. The van der Waals surface area contributed by atoms with Crippen LogP contribution in [0.2, 0.25) is 0 Å². The van der Waals surface area contributed by atoms with E-state index in [1.54, 1.807) is 0 Å². The van der Waals surface area contributed by atoms with Crippen molar-refractivity contribution >= 4 is 0 Å². The molecule has 1 saturated carbocycles. The monoisotopic (exact) mass is 254 g/mol. The van der Waals surface area contributed by atoms with E-state index in [4.69, 9.17) is 0 Å². The Hall–Kier alpha value is -0.0800. The summed E-state index contributed by atoms with van der Waals surface area (Å²) in [7, 11) is 2.31. The maximum Gasteiger partial charge on any atom is 0.00471 e. The molecule has 2 heteroatoms. The second-order valence-electron chi connectivity index (χ2n) is 6.69. The Bertz CT molecular complexity index is 207. The van der Waals surface area contributed by atoms with Crippen LogP contribution in [0.25, 0.3) is 0 Å². The lowest BCUT2D eigenvalue weighted by atomic mass is 9.85. The number of hydrogen-bond acceptors (Lipinski definition) is 2. The Morgan fingerprint density at radius 3 is 2.39 bits per heavy atom. The van der Waals surface area contributed by atoms with Gasteiger partial charge in [0.25, 0.3) is 0 Å². The van der Waals surface area contributed by atoms with Crippen molar-refractivity contribution in [1.29, 1.82) is 0 Å². The summed E-state index contributed by atoms with van der Waals surface area (Å²) >= 11 is 0. The zero-order chi connectivity index (χ0) is 13.4.